The van der Waals surface area contributed by atoms with E-state index in [1.165, 1.54) is 60.3 Å². The molecule has 0 N–H and O–H groups in total. The average molecular weight is 804 g/mol. The van der Waals surface area contributed by atoms with Gasteiger partial charge in [0.1, 0.15) is 17.2 Å². The van der Waals surface area contributed by atoms with Gasteiger partial charge in [-0.05, 0) is 105 Å². The molecular weight excluding hydrogens is 751 g/mol. The van der Waals surface area contributed by atoms with E-state index in [1.807, 2.05) is 66.7 Å². The zero-order chi connectivity index (χ0) is 40.9. The van der Waals surface area contributed by atoms with Crippen LogP contribution in [0.25, 0.3) is 67.6 Å². The summed E-state index contributed by atoms with van der Waals surface area (Å²) in [5, 5.41) is 20.2. The second kappa shape index (κ2) is 20.0. The summed E-state index contributed by atoms with van der Waals surface area (Å²) in [5.74, 6) is 3.80. The third-order valence-electron chi connectivity index (χ3n) is 10.8. The molecule has 0 saturated heterocycles. The van der Waals surface area contributed by atoms with Crippen molar-refractivity contribution in [3.05, 3.63) is 115 Å². The van der Waals surface area contributed by atoms with Gasteiger partial charge in [0.05, 0.1) is 25.4 Å². The largest absolute Gasteiger partial charge is 0.494 e. The zero-order valence-electron chi connectivity index (χ0n) is 34.6. The average Bonchev–Trinajstić information content (AvgIpc) is 4.06. The quantitative estimate of drug-likeness (QED) is 0.0618. The Morgan fingerprint density at radius 2 is 0.917 bits per heavy atom. The molecule has 0 atom stereocenters. The molecule has 8 aromatic rings. The van der Waals surface area contributed by atoms with E-state index in [2.05, 4.69) is 87.3 Å². The van der Waals surface area contributed by atoms with Gasteiger partial charge in [0.15, 0.2) is 0 Å². The van der Waals surface area contributed by atoms with E-state index in [1.54, 1.807) is 0 Å². The lowest BCUT2D eigenvalue weighted by Gasteiger charge is -2.12. The lowest BCUT2D eigenvalue weighted by atomic mass is 10.1. The van der Waals surface area contributed by atoms with Crippen molar-refractivity contribution >= 4 is 21.8 Å². The van der Waals surface area contributed by atoms with Gasteiger partial charge in [-0.1, -0.05) is 88.8 Å². The highest BCUT2D eigenvalue weighted by Gasteiger charge is 2.19. The van der Waals surface area contributed by atoms with Gasteiger partial charge in [0.2, 0.25) is 17.7 Å². The number of rotatable bonds is 22. The van der Waals surface area contributed by atoms with Gasteiger partial charge in [0, 0.05) is 45.0 Å². The first-order valence-corrected chi connectivity index (χ1v) is 21.6. The van der Waals surface area contributed by atoms with Crippen LogP contribution in [0.5, 0.6) is 17.2 Å². The summed E-state index contributed by atoms with van der Waals surface area (Å²) < 4.78 is 33.3. The van der Waals surface area contributed by atoms with Crippen LogP contribution in [-0.4, -0.2) is 44.8 Å². The Labute approximate surface area is 351 Å². The minimum absolute atomic E-state index is 0.354. The first-order valence-electron chi connectivity index (χ1n) is 21.6. The minimum Gasteiger partial charge on any atom is -0.494 e. The molecule has 308 valence electrons. The number of fused-ring (bicyclic) bond motifs is 3. The van der Waals surface area contributed by atoms with Gasteiger partial charge < -0.3 is 27.6 Å². The molecule has 0 amide bonds. The van der Waals surface area contributed by atoms with Crippen LogP contribution >= 0.6 is 0 Å². The number of ether oxygens (including phenoxy) is 3. The molecule has 10 nitrogen and oxygen atoms in total. The van der Waals surface area contributed by atoms with E-state index in [4.69, 9.17) is 23.0 Å². The second-order valence-corrected chi connectivity index (χ2v) is 15.1. The first-order chi connectivity index (χ1) is 29.7. The summed E-state index contributed by atoms with van der Waals surface area (Å²) in [6.07, 6.45) is 11.1. The van der Waals surface area contributed by atoms with Crippen molar-refractivity contribution in [3.8, 4) is 63.1 Å². The van der Waals surface area contributed by atoms with E-state index >= 15 is 0 Å². The molecule has 0 radical (unpaired) electrons. The number of para-hydroxylation sites is 2. The van der Waals surface area contributed by atoms with Crippen LogP contribution in [0.4, 0.5) is 0 Å². The van der Waals surface area contributed by atoms with Crippen LogP contribution in [0.15, 0.2) is 124 Å². The fraction of sp³-hybridized carbons (Fsp3) is 0.320. The van der Waals surface area contributed by atoms with Gasteiger partial charge in [-0.25, -0.2) is 0 Å². The third-order valence-corrected chi connectivity index (χ3v) is 10.8. The first kappa shape index (κ1) is 40.4. The monoisotopic (exact) mass is 803 g/mol. The number of hydrogen-bond acceptors (Lipinski definition) is 9. The SMILES string of the molecule is CCCCCCOc1ccc(-c2nnc(-c3ccc(-c4nnc(-c5ccc(OCCCCCC)cc5)o4)c(OCCCCn4c5ccccc5c5ccccc54)c3)o2)cc1. The normalized spacial score (nSPS) is 11.4. The van der Waals surface area contributed by atoms with Crippen LogP contribution in [0, 0.1) is 0 Å². The van der Waals surface area contributed by atoms with Crippen molar-refractivity contribution < 1.29 is 23.0 Å². The Morgan fingerprint density at radius 3 is 1.48 bits per heavy atom. The summed E-state index contributed by atoms with van der Waals surface area (Å²) in [6.45, 7) is 7.18. The van der Waals surface area contributed by atoms with Gasteiger partial charge >= 0.3 is 0 Å². The lowest BCUT2D eigenvalue weighted by Crippen LogP contribution is -2.03. The number of aryl methyl sites for hydroxylation is 1. The zero-order valence-corrected chi connectivity index (χ0v) is 34.6. The Balaban J connectivity index is 0.980. The number of hydrogen-bond donors (Lipinski definition) is 0. The molecule has 0 aliphatic rings. The summed E-state index contributed by atoms with van der Waals surface area (Å²) >= 11 is 0. The Hall–Kier alpha value is -6.42. The van der Waals surface area contributed by atoms with Gasteiger partial charge in [-0.2, -0.15) is 0 Å². The maximum Gasteiger partial charge on any atom is 0.251 e. The summed E-state index contributed by atoms with van der Waals surface area (Å²) in [5.41, 5.74) is 5.50. The Bertz CT molecular complexity index is 2520. The molecular formula is C50H53N5O5. The third kappa shape index (κ3) is 9.71. The molecule has 0 aliphatic heterocycles. The van der Waals surface area contributed by atoms with Crippen molar-refractivity contribution in [2.75, 3.05) is 19.8 Å². The fourth-order valence-corrected chi connectivity index (χ4v) is 7.48. The highest BCUT2D eigenvalue weighted by molar-refractivity contribution is 6.07. The van der Waals surface area contributed by atoms with E-state index < -0.39 is 0 Å². The topological polar surface area (TPSA) is 110 Å². The van der Waals surface area contributed by atoms with E-state index in [0.717, 1.165) is 60.4 Å². The fourth-order valence-electron chi connectivity index (χ4n) is 7.48. The minimum atomic E-state index is 0.354. The molecule has 3 aromatic heterocycles. The van der Waals surface area contributed by atoms with Gasteiger partial charge in [0.25, 0.3) is 5.89 Å². The maximum atomic E-state index is 6.54. The molecule has 8 rings (SSSR count). The standard InChI is InChI=1S/C50H53N5O5/c1-3-5-7-14-32-56-39-26-21-36(22-27-39)47-51-53-49(59-47)38-25-30-43(50-54-52-48(60-50)37-23-28-40(29-24-37)57-33-15-8-6-4-2)46(35-38)58-34-16-13-31-55-44-19-11-9-17-41(44)42-18-10-12-20-45(42)55/h9-12,17-30,35H,3-8,13-16,31-34H2,1-2H3. The van der Waals surface area contributed by atoms with Gasteiger partial charge in [-0.3, -0.25) is 0 Å². The number of nitrogens with zero attached hydrogens (tertiary/aromatic N) is 5. The predicted molar refractivity (Wildman–Crippen MR) is 237 cm³/mol. The highest BCUT2D eigenvalue weighted by Crippen LogP contribution is 2.36. The van der Waals surface area contributed by atoms with E-state index in [9.17, 15) is 0 Å². The van der Waals surface area contributed by atoms with Crippen molar-refractivity contribution in [2.45, 2.75) is 84.6 Å². The molecule has 10 heteroatoms. The Kier molecular flexibility index (Phi) is 13.5. The maximum absolute atomic E-state index is 6.54. The number of benzene rings is 5. The molecule has 0 fully saturated rings. The second-order valence-electron chi connectivity index (χ2n) is 15.1. The van der Waals surface area contributed by atoms with Crippen molar-refractivity contribution in [3.63, 3.8) is 0 Å². The molecule has 0 unspecified atom stereocenters. The smallest absolute Gasteiger partial charge is 0.251 e. The van der Waals surface area contributed by atoms with Crippen molar-refractivity contribution in [1.29, 1.82) is 0 Å². The molecule has 60 heavy (non-hydrogen) atoms. The summed E-state index contributed by atoms with van der Waals surface area (Å²) in [7, 11) is 0. The molecule has 0 aliphatic carbocycles. The lowest BCUT2D eigenvalue weighted by molar-refractivity contribution is 0.304. The van der Waals surface area contributed by atoms with Crippen molar-refractivity contribution in [1.82, 2.24) is 25.0 Å². The molecule has 0 spiro atoms. The summed E-state index contributed by atoms with van der Waals surface area (Å²) in [4.78, 5) is 0. The summed E-state index contributed by atoms with van der Waals surface area (Å²) in [6, 6.07) is 38.5. The molecule has 5 aromatic carbocycles. The van der Waals surface area contributed by atoms with Crippen LogP contribution in [-0.2, 0) is 6.54 Å². The molecule has 0 saturated carbocycles. The van der Waals surface area contributed by atoms with Crippen molar-refractivity contribution in [2.24, 2.45) is 0 Å². The van der Waals surface area contributed by atoms with E-state index in [0.29, 0.717) is 54.7 Å². The van der Waals surface area contributed by atoms with Gasteiger partial charge in [-0.15, -0.1) is 20.4 Å². The molecule has 3 heterocycles. The number of aromatic nitrogens is 5. The molecule has 0 bridgehead atoms. The predicted octanol–water partition coefficient (Wildman–Crippen LogP) is 13.0. The van der Waals surface area contributed by atoms with Crippen LogP contribution < -0.4 is 14.2 Å². The van der Waals surface area contributed by atoms with E-state index in [-0.39, 0.29) is 0 Å². The van der Waals surface area contributed by atoms with Crippen LogP contribution in [0.3, 0.4) is 0 Å². The van der Waals surface area contributed by atoms with Crippen LogP contribution in [0.2, 0.25) is 0 Å². The Morgan fingerprint density at radius 1 is 0.450 bits per heavy atom. The highest BCUT2D eigenvalue weighted by atomic mass is 16.5. The number of unbranched alkanes of at least 4 members (excludes halogenated alkanes) is 7. The van der Waals surface area contributed by atoms with Crippen LogP contribution in [0.1, 0.15) is 78.1 Å².